The summed E-state index contributed by atoms with van der Waals surface area (Å²) in [6.07, 6.45) is 2.78. The summed E-state index contributed by atoms with van der Waals surface area (Å²) in [5, 5.41) is 3.63. The highest BCUT2D eigenvalue weighted by Crippen LogP contribution is 2.28. The van der Waals surface area contributed by atoms with Crippen molar-refractivity contribution in [2.45, 2.75) is 39.7 Å². The maximum absolute atomic E-state index is 5.72. The lowest BCUT2D eigenvalue weighted by Gasteiger charge is -2.40. The molecular formula is C14H28N2O. The molecule has 0 spiro atoms. The van der Waals surface area contributed by atoms with Crippen LogP contribution in [0, 0.1) is 11.3 Å². The SMILES string of the molecule is CC(C)(C)C1CN(CCOCC2CC2)CCN1. The number of nitrogens with one attached hydrogen (secondary N) is 1. The molecule has 2 fully saturated rings. The van der Waals surface area contributed by atoms with Crippen molar-refractivity contribution in [1.29, 1.82) is 0 Å². The molecule has 0 amide bonds. The summed E-state index contributed by atoms with van der Waals surface area (Å²) in [5.74, 6) is 0.889. The minimum absolute atomic E-state index is 0.355. The third-order valence-electron chi connectivity index (χ3n) is 3.91. The van der Waals surface area contributed by atoms with Gasteiger partial charge in [0.2, 0.25) is 0 Å². The highest BCUT2D eigenvalue weighted by atomic mass is 16.5. The molecule has 0 aromatic heterocycles. The molecule has 0 aromatic carbocycles. The summed E-state index contributed by atoms with van der Waals surface area (Å²) in [6.45, 7) is 13.4. The molecule has 1 N–H and O–H groups in total. The molecule has 0 bridgehead atoms. The molecule has 1 saturated carbocycles. The molecule has 3 nitrogen and oxygen atoms in total. The molecule has 17 heavy (non-hydrogen) atoms. The lowest BCUT2D eigenvalue weighted by Crippen LogP contribution is -2.56. The maximum atomic E-state index is 5.72. The summed E-state index contributed by atoms with van der Waals surface area (Å²) in [4.78, 5) is 2.54. The van der Waals surface area contributed by atoms with E-state index in [-0.39, 0.29) is 0 Å². The molecular weight excluding hydrogens is 212 g/mol. The standard InChI is InChI=1S/C14H28N2O/c1-14(2,3)13-10-16(7-6-15-13)8-9-17-11-12-4-5-12/h12-13,15H,4-11H2,1-3H3. The normalized spacial score (nSPS) is 27.4. The van der Waals surface area contributed by atoms with Gasteiger partial charge in [0.15, 0.2) is 0 Å². The Morgan fingerprint density at radius 1 is 1.29 bits per heavy atom. The second kappa shape index (κ2) is 5.68. The minimum atomic E-state index is 0.355. The first-order valence-corrected chi connectivity index (χ1v) is 7.09. The van der Waals surface area contributed by atoms with Crippen LogP contribution in [0.25, 0.3) is 0 Å². The van der Waals surface area contributed by atoms with Gasteiger partial charge in [0.25, 0.3) is 0 Å². The van der Waals surface area contributed by atoms with Crippen LogP contribution < -0.4 is 5.32 Å². The zero-order valence-electron chi connectivity index (χ0n) is 11.7. The van der Waals surface area contributed by atoms with Gasteiger partial charge < -0.3 is 10.1 Å². The average Bonchev–Trinajstić information content (AvgIpc) is 3.08. The van der Waals surface area contributed by atoms with E-state index in [1.165, 1.54) is 19.4 Å². The van der Waals surface area contributed by atoms with Crippen molar-refractivity contribution in [1.82, 2.24) is 10.2 Å². The molecule has 2 rings (SSSR count). The fraction of sp³-hybridized carbons (Fsp3) is 1.00. The summed E-state index contributed by atoms with van der Waals surface area (Å²) in [5.41, 5.74) is 0.355. The number of nitrogens with zero attached hydrogens (tertiary/aromatic N) is 1. The van der Waals surface area contributed by atoms with Gasteiger partial charge in [0, 0.05) is 38.8 Å². The third kappa shape index (κ3) is 4.57. The Labute approximate surface area is 106 Å². The van der Waals surface area contributed by atoms with E-state index >= 15 is 0 Å². The van der Waals surface area contributed by atoms with E-state index in [9.17, 15) is 0 Å². The Bertz CT molecular complexity index is 233. The quantitative estimate of drug-likeness (QED) is 0.741. The van der Waals surface area contributed by atoms with Crippen LogP contribution >= 0.6 is 0 Å². The van der Waals surface area contributed by atoms with E-state index in [2.05, 4.69) is 31.0 Å². The monoisotopic (exact) mass is 240 g/mol. The van der Waals surface area contributed by atoms with Gasteiger partial charge in [-0.2, -0.15) is 0 Å². The Morgan fingerprint density at radius 3 is 2.71 bits per heavy atom. The molecule has 0 radical (unpaired) electrons. The highest BCUT2D eigenvalue weighted by Gasteiger charge is 2.29. The van der Waals surface area contributed by atoms with Crippen molar-refractivity contribution in [3.05, 3.63) is 0 Å². The Hall–Kier alpha value is -0.120. The summed E-state index contributed by atoms with van der Waals surface area (Å²) in [6, 6.07) is 0.611. The topological polar surface area (TPSA) is 24.5 Å². The van der Waals surface area contributed by atoms with Gasteiger partial charge in [-0.25, -0.2) is 0 Å². The van der Waals surface area contributed by atoms with E-state index in [0.717, 1.165) is 38.8 Å². The summed E-state index contributed by atoms with van der Waals surface area (Å²) >= 11 is 0. The number of ether oxygens (including phenoxy) is 1. The Morgan fingerprint density at radius 2 is 2.06 bits per heavy atom. The van der Waals surface area contributed by atoms with Crippen LogP contribution in [0.15, 0.2) is 0 Å². The van der Waals surface area contributed by atoms with Crippen molar-refractivity contribution in [2.24, 2.45) is 11.3 Å². The molecule has 1 aliphatic heterocycles. The average molecular weight is 240 g/mol. The van der Waals surface area contributed by atoms with Crippen LogP contribution in [0.3, 0.4) is 0 Å². The zero-order chi connectivity index (χ0) is 12.3. The molecule has 1 atom stereocenters. The van der Waals surface area contributed by atoms with Crippen molar-refractivity contribution in [3.63, 3.8) is 0 Å². The maximum Gasteiger partial charge on any atom is 0.0593 e. The molecule has 3 heteroatoms. The van der Waals surface area contributed by atoms with Gasteiger partial charge in [-0.05, 0) is 24.2 Å². The van der Waals surface area contributed by atoms with Gasteiger partial charge in [-0.15, -0.1) is 0 Å². The van der Waals surface area contributed by atoms with Gasteiger partial charge in [-0.3, -0.25) is 4.90 Å². The van der Waals surface area contributed by atoms with Crippen molar-refractivity contribution >= 4 is 0 Å². The molecule has 100 valence electrons. The minimum Gasteiger partial charge on any atom is -0.380 e. The molecule has 1 unspecified atom stereocenters. The second-order valence-corrected chi connectivity index (χ2v) is 6.69. The molecule has 1 heterocycles. The Balaban J connectivity index is 1.62. The zero-order valence-corrected chi connectivity index (χ0v) is 11.7. The van der Waals surface area contributed by atoms with Crippen molar-refractivity contribution < 1.29 is 4.74 Å². The lowest BCUT2D eigenvalue weighted by molar-refractivity contribution is 0.0719. The van der Waals surface area contributed by atoms with Crippen LogP contribution in [0.5, 0.6) is 0 Å². The first-order valence-electron chi connectivity index (χ1n) is 7.09. The second-order valence-electron chi connectivity index (χ2n) is 6.69. The molecule has 1 saturated heterocycles. The number of hydrogen-bond acceptors (Lipinski definition) is 3. The van der Waals surface area contributed by atoms with Crippen molar-refractivity contribution in [2.75, 3.05) is 39.4 Å². The largest absolute Gasteiger partial charge is 0.380 e. The Kier molecular flexibility index (Phi) is 4.45. The van der Waals surface area contributed by atoms with Crippen LogP contribution in [0.2, 0.25) is 0 Å². The molecule has 2 aliphatic rings. The third-order valence-corrected chi connectivity index (χ3v) is 3.91. The number of piperazine rings is 1. The molecule has 1 aliphatic carbocycles. The predicted molar refractivity (Wildman–Crippen MR) is 71.2 cm³/mol. The molecule has 0 aromatic rings. The van der Waals surface area contributed by atoms with Gasteiger partial charge in [0.05, 0.1) is 6.61 Å². The highest BCUT2D eigenvalue weighted by molar-refractivity contribution is 4.87. The lowest BCUT2D eigenvalue weighted by atomic mass is 9.85. The van der Waals surface area contributed by atoms with Crippen LogP contribution in [0.1, 0.15) is 33.6 Å². The van der Waals surface area contributed by atoms with E-state index in [1.54, 1.807) is 0 Å². The van der Waals surface area contributed by atoms with E-state index in [4.69, 9.17) is 4.74 Å². The number of rotatable bonds is 5. The van der Waals surface area contributed by atoms with E-state index < -0.39 is 0 Å². The fourth-order valence-corrected chi connectivity index (χ4v) is 2.32. The van der Waals surface area contributed by atoms with Crippen LogP contribution in [-0.2, 0) is 4.74 Å². The van der Waals surface area contributed by atoms with Gasteiger partial charge >= 0.3 is 0 Å². The number of hydrogen-bond donors (Lipinski definition) is 1. The van der Waals surface area contributed by atoms with E-state index in [1.807, 2.05) is 0 Å². The fourth-order valence-electron chi connectivity index (χ4n) is 2.32. The predicted octanol–water partition coefficient (Wildman–Crippen LogP) is 1.73. The van der Waals surface area contributed by atoms with Crippen LogP contribution in [0.4, 0.5) is 0 Å². The smallest absolute Gasteiger partial charge is 0.0593 e. The van der Waals surface area contributed by atoms with Gasteiger partial charge in [0.1, 0.15) is 0 Å². The van der Waals surface area contributed by atoms with Crippen LogP contribution in [-0.4, -0.2) is 50.3 Å². The van der Waals surface area contributed by atoms with Gasteiger partial charge in [-0.1, -0.05) is 20.8 Å². The first kappa shape index (κ1) is 13.3. The first-order chi connectivity index (χ1) is 8.05. The van der Waals surface area contributed by atoms with Crippen molar-refractivity contribution in [3.8, 4) is 0 Å². The van der Waals surface area contributed by atoms with E-state index in [0.29, 0.717) is 11.5 Å². The summed E-state index contributed by atoms with van der Waals surface area (Å²) in [7, 11) is 0. The summed E-state index contributed by atoms with van der Waals surface area (Å²) < 4.78 is 5.72.